The maximum absolute atomic E-state index is 12.8. The van der Waals surface area contributed by atoms with E-state index in [0.717, 1.165) is 31.9 Å². The molecule has 4 rings (SSSR count). The number of piperazine rings is 1. The fraction of sp³-hybridized carbons (Fsp3) is 0.238. The molecular formula is C21H20ClN3O3. The monoisotopic (exact) mass is 397 g/mol. The molecule has 0 atom stereocenters. The standard InChI is InChI=1S/C21H20ClN3O3/c1-24-8-10-25(11-9-24)18-7-6-15(22)13-17(18)23-20(26)16-12-14-4-2-3-5-19(14)28-21(16)27/h2-7,12-13H,8-11H2,1H3,(H,23,26). The molecule has 28 heavy (non-hydrogen) atoms. The van der Waals surface area contributed by atoms with Gasteiger partial charge in [0.15, 0.2) is 0 Å². The van der Waals surface area contributed by atoms with Gasteiger partial charge in [0.2, 0.25) is 0 Å². The zero-order valence-electron chi connectivity index (χ0n) is 15.4. The molecule has 0 saturated carbocycles. The lowest BCUT2D eigenvalue weighted by molar-refractivity contribution is 0.102. The van der Waals surface area contributed by atoms with E-state index >= 15 is 0 Å². The van der Waals surface area contributed by atoms with Crippen LogP contribution in [0.15, 0.2) is 57.7 Å². The Bertz CT molecular complexity index is 1090. The van der Waals surface area contributed by atoms with Crippen molar-refractivity contribution in [2.45, 2.75) is 0 Å². The Morgan fingerprint density at radius 2 is 1.82 bits per heavy atom. The highest BCUT2D eigenvalue weighted by atomic mass is 35.5. The third-order valence-corrected chi connectivity index (χ3v) is 5.17. The molecule has 3 aromatic rings. The number of carbonyl (C=O) groups excluding carboxylic acids is 1. The molecule has 7 heteroatoms. The molecule has 1 aliphatic rings. The minimum absolute atomic E-state index is 0.0389. The highest BCUT2D eigenvalue weighted by molar-refractivity contribution is 6.31. The smallest absolute Gasteiger partial charge is 0.349 e. The maximum Gasteiger partial charge on any atom is 0.349 e. The Hall–Kier alpha value is -2.83. The Labute approximate surface area is 167 Å². The van der Waals surface area contributed by atoms with Crippen LogP contribution in [0.5, 0.6) is 0 Å². The van der Waals surface area contributed by atoms with Gasteiger partial charge in [-0.05, 0) is 37.4 Å². The number of amides is 1. The molecule has 144 valence electrons. The van der Waals surface area contributed by atoms with Crippen molar-refractivity contribution < 1.29 is 9.21 Å². The zero-order chi connectivity index (χ0) is 19.7. The Morgan fingerprint density at radius 1 is 1.07 bits per heavy atom. The largest absolute Gasteiger partial charge is 0.422 e. The van der Waals surface area contributed by atoms with E-state index in [9.17, 15) is 9.59 Å². The second kappa shape index (κ2) is 7.66. The van der Waals surface area contributed by atoms with Crippen LogP contribution in [0.2, 0.25) is 5.02 Å². The van der Waals surface area contributed by atoms with E-state index in [0.29, 0.717) is 21.7 Å². The lowest BCUT2D eigenvalue weighted by Gasteiger charge is -2.35. The average Bonchev–Trinajstić information content (AvgIpc) is 2.68. The number of halogens is 1. The molecule has 0 bridgehead atoms. The van der Waals surface area contributed by atoms with Gasteiger partial charge in [-0.15, -0.1) is 0 Å². The number of nitrogens with zero attached hydrogens (tertiary/aromatic N) is 2. The van der Waals surface area contributed by atoms with Crippen molar-refractivity contribution in [1.82, 2.24) is 4.90 Å². The number of rotatable bonds is 3. The van der Waals surface area contributed by atoms with Crippen LogP contribution in [0.3, 0.4) is 0 Å². The van der Waals surface area contributed by atoms with Crippen LogP contribution in [0.1, 0.15) is 10.4 Å². The molecule has 1 fully saturated rings. The molecule has 0 spiro atoms. The van der Waals surface area contributed by atoms with Crippen molar-refractivity contribution in [1.29, 1.82) is 0 Å². The summed E-state index contributed by atoms with van der Waals surface area (Å²) in [4.78, 5) is 29.6. The first-order valence-electron chi connectivity index (χ1n) is 9.08. The summed E-state index contributed by atoms with van der Waals surface area (Å²) in [6, 6.07) is 14.0. The summed E-state index contributed by atoms with van der Waals surface area (Å²) < 4.78 is 5.28. The van der Waals surface area contributed by atoms with Crippen LogP contribution in [0, 0.1) is 0 Å². The van der Waals surface area contributed by atoms with Gasteiger partial charge in [-0.3, -0.25) is 4.79 Å². The molecule has 1 amide bonds. The maximum atomic E-state index is 12.8. The van der Waals surface area contributed by atoms with Gasteiger partial charge in [-0.25, -0.2) is 4.79 Å². The van der Waals surface area contributed by atoms with E-state index in [1.807, 2.05) is 12.1 Å². The first-order chi connectivity index (χ1) is 13.5. The van der Waals surface area contributed by atoms with Crippen molar-refractivity contribution in [2.24, 2.45) is 0 Å². The van der Waals surface area contributed by atoms with Gasteiger partial charge in [0.05, 0.1) is 11.4 Å². The molecule has 2 heterocycles. The van der Waals surface area contributed by atoms with Gasteiger partial charge in [0, 0.05) is 36.6 Å². The third kappa shape index (κ3) is 3.74. The molecule has 2 aromatic carbocycles. The van der Waals surface area contributed by atoms with Crippen LogP contribution in [-0.4, -0.2) is 44.0 Å². The number of likely N-dealkylation sites (N-methyl/N-ethyl adjacent to an activating group) is 1. The number of hydrogen-bond donors (Lipinski definition) is 1. The summed E-state index contributed by atoms with van der Waals surface area (Å²) in [5.74, 6) is -0.517. The van der Waals surface area contributed by atoms with Crippen molar-refractivity contribution in [3.05, 3.63) is 69.5 Å². The van der Waals surface area contributed by atoms with Gasteiger partial charge < -0.3 is 19.5 Å². The van der Waals surface area contributed by atoms with Crippen molar-refractivity contribution >= 4 is 39.9 Å². The van der Waals surface area contributed by atoms with Crippen LogP contribution in [0.4, 0.5) is 11.4 Å². The molecule has 6 nitrogen and oxygen atoms in total. The number of benzene rings is 2. The number of nitrogens with one attached hydrogen (secondary N) is 1. The fourth-order valence-electron chi connectivity index (χ4n) is 3.34. The van der Waals surface area contributed by atoms with E-state index in [1.54, 1.807) is 36.4 Å². The van der Waals surface area contributed by atoms with Crippen LogP contribution >= 0.6 is 11.6 Å². The van der Waals surface area contributed by atoms with Crippen LogP contribution in [-0.2, 0) is 0 Å². The van der Waals surface area contributed by atoms with Crippen molar-refractivity contribution in [3.63, 3.8) is 0 Å². The number of para-hydroxylation sites is 1. The predicted octanol–water partition coefficient (Wildman–Crippen LogP) is 3.45. The summed E-state index contributed by atoms with van der Waals surface area (Å²) in [6.07, 6.45) is 0. The third-order valence-electron chi connectivity index (χ3n) is 4.94. The Kier molecular flexibility index (Phi) is 5.07. The average molecular weight is 398 g/mol. The topological polar surface area (TPSA) is 65.8 Å². The van der Waals surface area contributed by atoms with Gasteiger partial charge in [0.25, 0.3) is 5.91 Å². The Balaban J connectivity index is 1.65. The molecule has 0 unspecified atom stereocenters. The molecule has 1 saturated heterocycles. The van der Waals surface area contributed by atoms with E-state index in [4.69, 9.17) is 16.0 Å². The predicted molar refractivity (Wildman–Crippen MR) is 112 cm³/mol. The van der Waals surface area contributed by atoms with Gasteiger partial charge in [0.1, 0.15) is 11.1 Å². The number of fused-ring (bicyclic) bond motifs is 1. The number of anilines is 2. The number of carbonyl (C=O) groups is 1. The molecule has 1 N–H and O–H groups in total. The summed E-state index contributed by atoms with van der Waals surface area (Å²) in [6.45, 7) is 3.56. The van der Waals surface area contributed by atoms with E-state index in [2.05, 4.69) is 22.2 Å². The fourth-order valence-corrected chi connectivity index (χ4v) is 3.51. The summed E-state index contributed by atoms with van der Waals surface area (Å²) in [5.41, 5.74) is 1.21. The van der Waals surface area contributed by atoms with E-state index in [-0.39, 0.29) is 5.56 Å². The zero-order valence-corrected chi connectivity index (χ0v) is 16.2. The molecule has 0 aliphatic carbocycles. The minimum Gasteiger partial charge on any atom is -0.422 e. The normalized spacial score (nSPS) is 15.0. The first kappa shape index (κ1) is 18.5. The first-order valence-corrected chi connectivity index (χ1v) is 9.46. The number of hydrogen-bond acceptors (Lipinski definition) is 5. The highest BCUT2D eigenvalue weighted by Crippen LogP contribution is 2.30. The van der Waals surface area contributed by atoms with Crippen molar-refractivity contribution in [3.8, 4) is 0 Å². The van der Waals surface area contributed by atoms with Gasteiger partial charge in [-0.2, -0.15) is 0 Å². The van der Waals surface area contributed by atoms with Crippen LogP contribution < -0.4 is 15.8 Å². The lowest BCUT2D eigenvalue weighted by Crippen LogP contribution is -2.44. The molecule has 1 aliphatic heterocycles. The second-order valence-corrected chi connectivity index (χ2v) is 7.33. The Morgan fingerprint density at radius 3 is 2.61 bits per heavy atom. The highest BCUT2D eigenvalue weighted by Gasteiger charge is 2.20. The van der Waals surface area contributed by atoms with Crippen LogP contribution in [0.25, 0.3) is 11.0 Å². The minimum atomic E-state index is -0.667. The van der Waals surface area contributed by atoms with Gasteiger partial charge in [-0.1, -0.05) is 29.8 Å². The molecule has 0 radical (unpaired) electrons. The second-order valence-electron chi connectivity index (χ2n) is 6.89. The summed E-state index contributed by atoms with van der Waals surface area (Å²) in [7, 11) is 2.08. The quantitative estimate of drug-likeness (QED) is 0.686. The van der Waals surface area contributed by atoms with E-state index < -0.39 is 11.5 Å². The summed E-state index contributed by atoms with van der Waals surface area (Å²) >= 11 is 6.16. The molecular weight excluding hydrogens is 378 g/mol. The summed E-state index contributed by atoms with van der Waals surface area (Å²) in [5, 5.41) is 4.05. The van der Waals surface area contributed by atoms with E-state index in [1.165, 1.54) is 0 Å². The SMILES string of the molecule is CN1CCN(c2ccc(Cl)cc2NC(=O)c2cc3ccccc3oc2=O)CC1. The van der Waals surface area contributed by atoms with Gasteiger partial charge >= 0.3 is 5.63 Å². The molecule has 1 aromatic heterocycles. The lowest BCUT2D eigenvalue weighted by atomic mass is 10.1. The van der Waals surface area contributed by atoms with Crippen molar-refractivity contribution in [2.75, 3.05) is 43.4 Å².